The molecule has 0 spiro atoms. The zero-order valence-corrected chi connectivity index (χ0v) is 9.62. The molecule has 0 aromatic carbocycles. The first-order valence-electron chi connectivity index (χ1n) is 5.01. The summed E-state index contributed by atoms with van der Waals surface area (Å²) in [6, 6.07) is 0. The molecule has 0 radical (unpaired) electrons. The van der Waals surface area contributed by atoms with Gasteiger partial charge in [0.2, 0.25) is 0 Å². The van der Waals surface area contributed by atoms with E-state index in [-0.39, 0.29) is 0 Å². The molecule has 0 aliphatic rings. The summed E-state index contributed by atoms with van der Waals surface area (Å²) in [6.07, 6.45) is 4.58. The third-order valence-corrected chi connectivity index (χ3v) is 3.06. The Labute approximate surface area is 89.9 Å². The standard InChI is InChI=1S/C8H20N3O3P/c9-5-3-1-2-4-6-11-8(7-10)15(12,13)14/h7-8,10-11H,1-6,9H2,(H2,12,13,14). The molecule has 6 nitrogen and oxygen atoms in total. The van der Waals surface area contributed by atoms with Crippen LogP contribution in [0.4, 0.5) is 0 Å². The number of unbranched alkanes of at least 4 members (excludes halogenated alkanes) is 3. The maximum atomic E-state index is 10.8. The lowest BCUT2D eigenvalue weighted by atomic mass is 10.2. The predicted molar refractivity (Wildman–Crippen MR) is 60.1 cm³/mol. The molecule has 0 rings (SSSR count). The van der Waals surface area contributed by atoms with Gasteiger partial charge in [-0.3, -0.25) is 9.88 Å². The van der Waals surface area contributed by atoms with E-state index in [0.29, 0.717) is 13.1 Å². The van der Waals surface area contributed by atoms with Gasteiger partial charge in [0.15, 0.2) is 0 Å². The Hall–Kier alpha value is -0.260. The van der Waals surface area contributed by atoms with Gasteiger partial charge in [-0.05, 0) is 25.9 Å². The summed E-state index contributed by atoms with van der Waals surface area (Å²) in [5.74, 6) is -1.15. The molecular weight excluding hydrogens is 217 g/mol. The van der Waals surface area contributed by atoms with Gasteiger partial charge in [0.1, 0.15) is 5.78 Å². The molecule has 0 aromatic heterocycles. The fraction of sp³-hybridized carbons (Fsp3) is 0.875. The second-order valence-electron chi connectivity index (χ2n) is 3.36. The average Bonchev–Trinajstić information content (AvgIpc) is 2.15. The third kappa shape index (κ3) is 7.64. The quantitative estimate of drug-likeness (QED) is 0.224. The molecule has 1 atom stereocenters. The molecule has 0 aliphatic heterocycles. The number of hydrogen-bond donors (Lipinski definition) is 5. The summed E-state index contributed by atoms with van der Waals surface area (Å²) in [5, 5.41) is 9.51. The molecule has 90 valence electrons. The summed E-state index contributed by atoms with van der Waals surface area (Å²) in [4.78, 5) is 17.6. The lowest BCUT2D eigenvalue weighted by Gasteiger charge is -2.14. The highest BCUT2D eigenvalue weighted by molar-refractivity contribution is 7.53. The molecule has 6 N–H and O–H groups in total. The number of nitrogens with two attached hydrogens (primary N) is 1. The summed E-state index contributed by atoms with van der Waals surface area (Å²) >= 11 is 0. The maximum Gasteiger partial charge on any atom is 0.347 e. The highest BCUT2D eigenvalue weighted by Gasteiger charge is 2.25. The van der Waals surface area contributed by atoms with Crippen LogP contribution in [0.15, 0.2) is 0 Å². The first-order valence-corrected chi connectivity index (χ1v) is 6.69. The molecule has 0 saturated carbocycles. The van der Waals surface area contributed by atoms with Crippen LogP contribution in [0.25, 0.3) is 0 Å². The summed E-state index contributed by atoms with van der Waals surface area (Å²) < 4.78 is 10.8. The SMILES string of the molecule is N=CC(NCCCCCCN)P(=O)(O)O. The van der Waals surface area contributed by atoms with Crippen molar-refractivity contribution in [2.75, 3.05) is 13.1 Å². The Bertz CT molecular complexity index is 219. The van der Waals surface area contributed by atoms with Crippen molar-refractivity contribution >= 4 is 13.8 Å². The monoisotopic (exact) mass is 237 g/mol. The van der Waals surface area contributed by atoms with Gasteiger partial charge in [0.05, 0.1) is 0 Å². The minimum Gasteiger partial charge on any atom is -0.330 e. The van der Waals surface area contributed by atoms with Crippen LogP contribution < -0.4 is 11.1 Å². The molecule has 0 fully saturated rings. The van der Waals surface area contributed by atoms with Gasteiger partial charge in [-0.1, -0.05) is 12.8 Å². The Morgan fingerprint density at radius 2 is 1.93 bits per heavy atom. The normalized spacial score (nSPS) is 13.8. The zero-order valence-electron chi connectivity index (χ0n) is 8.72. The summed E-state index contributed by atoms with van der Waals surface area (Å²) in [6.45, 7) is 1.19. The first kappa shape index (κ1) is 14.7. The first-order chi connectivity index (χ1) is 7.02. The Kier molecular flexibility index (Phi) is 7.82. The highest BCUT2D eigenvalue weighted by Crippen LogP contribution is 2.38. The Morgan fingerprint density at radius 1 is 1.33 bits per heavy atom. The van der Waals surface area contributed by atoms with E-state index in [4.69, 9.17) is 20.9 Å². The molecule has 0 heterocycles. The molecular formula is C8H20N3O3P. The van der Waals surface area contributed by atoms with Crippen molar-refractivity contribution in [1.29, 1.82) is 5.41 Å². The second-order valence-corrected chi connectivity index (χ2v) is 5.09. The Balaban J connectivity index is 3.57. The average molecular weight is 237 g/mol. The molecule has 0 bridgehead atoms. The minimum atomic E-state index is -4.21. The van der Waals surface area contributed by atoms with Crippen LogP contribution in [0.1, 0.15) is 25.7 Å². The molecule has 0 saturated heterocycles. The van der Waals surface area contributed by atoms with E-state index in [9.17, 15) is 4.57 Å². The summed E-state index contributed by atoms with van der Waals surface area (Å²) in [5.41, 5.74) is 5.32. The molecule has 7 heteroatoms. The predicted octanol–water partition coefficient (Wildman–Crippen LogP) is 0.248. The van der Waals surface area contributed by atoms with Crippen LogP contribution in [0, 0.1) is 5.41 Å². The zero-order chi connectivity index (χ0) is 11.7. The largest absolute Gasteiger partial charge is 0.347 e. The van der Waals surface area contributed by atoms with Crippen molar-refractivity contribution in [3.63, 3.8) is 0 Å². The van der Waals surface area contributed by atoms with E-state index in [2.05, 4.69) is 5.32 Å². The highest BCUT2D eigenvalue weighted by atomic mass is 31.2. The minimum absolute atomic E-state index is 0.510. The molecule has 1 unspecified atom stereocenters. The van der Waals surface area contributed by atoms with Crippen molar-refractivity contribution in [1.82, 2.24) is 5.32 Å². The van der Waals surface area contributed by atoms with Gasteiger partial charge in [-0.25, -0.2) is 0 Å². The van der Waals surface area contributed by atoms with Gasteiger partial charge in [-0.2, -0.15) is 0 Å². The molecule has 15 heavy (non-hydrogen) atoms. The fourth-order valence-corrected chi connectivity index (χ4v) is 1.71. The van der Waals surface area contributed by atoms with E-state index < -0.39 is 13.4 Å². The van der Waals surface area contributed by atoms with E-state index in [1.807, 2.05) is 0 Å². The van der Waals surface area contributed by atoms with Crippen LogP contribution in [0.2, 0.25) is 0 Å². The van der Waals surface area contributed by atoms with Crippen molar-refractivity contribution in [3.05, 3.63) is 0 Å². The fourth-order valence-electron chi connectivity index (χ4n) is 1.15. The second kappa shape index (κ2) is 7.96. The van der Waals surface area contributed by atoms with Crippen molar-refractivity contribution in [2.24, 2.45) is 5.73 Å². The van der Waals surface area contributed by atoms with Gasteiger partial charge in [-0.15, -0.1) is 0 Å². The number of rotatable bonds is 9. The third-order valence-electron chi connectivity index (χ3n) is 2.00. The smallest absolute Gasteiger partial charge is 0.330 e. The van der Waals surface area contributed by atoms with Gasteiger partial charge < -0.3 is 20.9 Å². The number of nitrogens with one attached hydrogen (secondary N) is 2. The van der Waals surface area contributed by atoms with Gasteiger partial charge in [0, 0.05) is 6.21 Å². The van der Waals surface area contributed by atoms with Crippen LogP contribution in [-0.4, -0.2) is 34.9 Å². The molecule has 0 aromatic rings. The van der Waals surface area contributed by atoms with Crippen LogP contribution >= 0.6 is 7.60 Å². The number of hydrogen-bond acceptors (Lipinski definition) is 4. The van der Waals surface area contributed by atoms with E-state index in [0.717, 1.165) is 31.9 Å². The Morgan fingerprint density at radius 3 is 2.40 bits per heavy atom. The van der Waals surface area contributed by atoms with Crippen LogP contribution in [0.3, 0.4) is 0 Å². The van der Waals surface area contributed by atoms with Crippen molar-refractivity contribution in [3.8, 4) is 0 Å². The lowest BCUT2D eigenvalue weighted by molar-refractivity contribution is 0.360. The van der Waals surface area contributed by atoms with Crippen LogP contribution in [-0.2, 0) is 4.57 Å². The lowest BCUT2D eigenvalue weighted by Crippen LogP contribution is -2.30. The summed E-state index contributed by atoms with van der Waals surface area (Å²) in [7, 11) is -4.21. The molecule has 0 aliphatic carbocycles. The van der Waals surface area contributed by atoms with E-state index in [1.54, 1.807) is 0 Å². The van der Waals surface area contributed by atoms with Crippen molar-refractivity contribution < 1.29 is 14.4 Å². The topological polar surface area (TPSA) is 119 Å². The van der Waals surface area contributed by atoms with E-state index in [1.165, 1.54) is 0 Å². The van der Waals surface area contributed by atoms with Crippen molar-refractivity contribution in [2.45, 2.75) is 31.5 Å². The maximum absolute atomic E-state index is 10.8. The van der Waals surface area contributed by atoms with Gasteiger partial charge >= 0.3 is 7.60 Å². The van der Waals surface area contributed by atoms with E-state index >= 15 is 0 Å². The van der Waals surface area contributed by atoms with Crippen LogP contribution in [0.5, 0.6) is 0 Å². The molecule has 0 amide bonds. The van der Waals surface area contributed by atoms with Gasteiger partial charge in [0.25, 0.3) is 0 Å².